The fourth-order valence-corrected chi connectivity index (χ4v) is 0.852. The Morgan fingerprint density at radius 3 is 2.67 bits per heavy atom. The standard InChI is InChI=1S/C5H7ClO3/c1-3-8-4(2-6)5(7)9-3/h3-4H,2H2,1H3/t3-,4-/m0/s1. The number of esters is 1. The van der Waals surface area contributed by atoms with Crippen LogP contribution in [0, 0.1) is 0 Å². The number of carbonyl (C=O) groups excluding carboxylic acids is 1. The molecule has 0 N–H and O–H groups in total. The number of cyclic esters (lactones) is 1. The molecule has 0 amide bonds. The summed E-state index contributed by atoms with van der Waals surface area (Å²) in [6.45, 7) is 1.66. The molecular weight excluding hydrogens is 144 g/mol. The van der Waals surface area contributed by atoms with Crippen LogP contribution < -0.4 is 0 Å². The smallest absolute Gasteiger partial charge is 0.338 e. The topological polar surface area (TPSA) is 35.5 Å². The normalized spacial score (nSPS) is 34.7. The fraction of sp³-hybridized carbons (Fsp3) is 0.800. The molecule has 4 heteroatoms. The third kappa shape index (κ3) is 1.34. The molecule has 52 valence electrons. The van der Waals surface area contributed by atoms with Crippen molar-refractivity contribution in [1.82, 2.24) is 0 Å². The highest BCUT2D eigenvalue weighted by atomic mass is 35.5. The van der Waals surface area contributed by atoms with Crippen LogP contribution >= 0.6 is 11.6 Å². The van der Waals surface area contributed by atoms with E-state index in [4.69, 9.17) is 16.3 Å². The first-order valence-corrected chi connectivity index (χ1v) is 3.19. The monoisotopic (exact) mass is 150 g/mol. The van der Waals surface area contributed by atoms with Gasteiger partial charge in [-0.1, -0.05) is 0 Å². The van der Waals surface area contributed by atoms with E-state index in [9.17, 15) is 4.79 Å². The SMILES string of the molecule is C[C@@H]1OC(=O)[C@H](CCl)O1. The highest BCUT2D eigenvalue weighted by Gasteiger charge is 2.31. The molecule has 2 atom stereocenters. The molecule has 0 aromatic rings. The summed E-state index contributed by atoms with van der Waals surface area (Å²) in [5.41, 5.74) is 0. The van der Waals surface area contributed by atoms with Gasteiger partial charge in [0.1, 0.15) is 0 Å². The van der Waals surface area contributed by atoms with Gasteiger partial charge in [-0.2, -0.15) is 0 Å². The van der Waals surface area contributed by atoms with Gasteiger partial charge in [0, 0.05) is 0 Å². The number of carbonyl (C=O) groups is 1. The summed E-state index contributed by atoms with van der Waals surface area (Å²) in [6, 6.07) is 0. The predicted octanol–water partition coefficient (Wildman–Crippen LogP) is 0.513. The van der Waals surface area contributed by atoms with Gasteiger partial charge in [0.05, 0.1) is 5.88 Å². The van der Waals surface area contributed by atoms with Gasteiger partial charge >= 0.3 is 5.97 Å². The minimum Gasteiger partial charge on any atom is -0.434 e. The third-order valence-electron chi connectivity index (χ3n) is 1.04. The molecule has 0 aromatic heterocycles. The summed E-state index contributed by atoms with van der Waals surface area (Å²) in [7, 11) is 0. The summed E-state index contributed by atoms with van der Waals surface area (Å²) < 4.78 is 9.54. The van der Waals surface area contributed by atoms with Crippen molar-refractivity contribution in [3.8, 4) is 0 Å². The molecule has 0 radical (unpaired) electrons. The summed E-state index contributed by atoms with van der Waals surface area (Å²) in [6.07, 6.45) is -0.983. The maximum absolute atomic E-state index is 10.6. The lowest BCUT2D eigenvalue weighted by Gasteiger charge is -1.98. The van der Waals surface area contributed by atoms with Crippen LogP contribution in [-0.4, -0.2) is 24.2 Å². The number of hydrogen-bond acceptors (Lipinski definition) is 3. The van der Waals surface area contributed by atoms with Crippen LogP contribution in [0.2, 0.25) is 0 Å². The minimum atomic E-state index is -0.554. The Bertz CT molecular complexity index is 125. The largest absolute Gasteiger partial charge is 0.434 e. The van der Waals surface area contributed by atoms with Crippen LogP contribution in [0.1, 0.15) is 6.92 Å². The lowest BCUT2D eigenvalue weighted by molar-refractivity contribution is -0.142. The molecule has 1 fully saturated rings. The molecule has 3 nitrogen and oxygen atoms in total. The first-order chi connectivity index (χ1) is 4.24. The Kier molecular flexibility index (Phi) is 1.93. The number of rotatable bonds is 1. The minimum absolute atomic E-state index is 0.170. The van der Waals surface area contributed by atoms with Gasteiger partial charge in [-0.25, -0.2) is 4.79 Å². The highest BCUT2D eigenvalue weighted by Crippen LogP contribution is 2.12. The van der Waals surface area contributed by atoms with E-state index in [1.165, 1.54) is 0 Å². The summed E-state index contributed by atoms with van der Waals surface area (Å²) in [4.78, 5) is 10.6. The molecule has 1 heterocycles. The van der Waals surface area contributed by atoms with Gasteiger partial charge in [-0.3, -0.25) is 0 Å². The van der Waals surface area contributed by atoms with Crippen molar-refractivity contribution in [2.75, 3.05) is 5.88 Å². The lowest BCUT2D eigenvalue weighted by atomic mass is 10.4. The van der Waals surface area contributed by atoms with Gasteiger partial charge in [0.25, 0.3) is 0 Å². The second kappa shape index (κ2) is 2.54. The predicted molar refractivity (Wildman–Crippen MR) is 31.1 cm³/mol. The Hall–Kier alpha value is -0.280. The Morgan fingerprint density at radius 2 is 2.44 bits per heavy atom. The Balaban J connectivity index is 2.48. The van der Waals surface area contributed by atoms with Gasteiger partial charge in [0.2, 0.25) is 6.29 Å². The summed E-state index contributed by atoms with van der Waals surface area (Å²) in [5.74, 6) is -0.194. The van der Waals surface area contributed by atoms with Crippen molar-refractivity contribution in [1.29, 1.82) is 0 Å². The molecule has 1 aliphatic rings. The zero-order valence-electron chi connectivity index (χ0n) is 4.96. The molecule has 0 spiro atoms. The average Bonchev–Trinajstić information content (AvgIpc) is 2.10. The second-order valence-electron chi connectivity index (χ2n) is 1.78. The van der Waals surface area contributed by atoms with Crippen molar-refractivity contribution in [2.45, 2.75) is 19.3 Å². The summed E-state index contributed by atoms with van der Waals surface area (Å²) >= 11 is 5.34. The first-order valence-electron chi connectivity index (χ1n) is 2.66. The van der Waals surface area contributed by atoms with E-state index in [2.05, 4.69) is 4.74 Å². The van der Waals surface area contributed by atoms with E-state index < -0.39 is 12.4 Å². The highest BCUT2D eigenvalue weighted by molar-refractivity contribution is 6.19. The molecule has 1 aliphatic heterocycles. The van der Waals surface area contributed by atoms with Gasteiger partial charge in [-0.15, -0.1) is 11.6 Å². The van der Waals surface area contributed by atoms with Crippen LogP contribution in [0.15, 0.2) is 0 Å². The Morgan fingerprint density at radius 1 is 1.78 bits per heavy atom. The zero-order valence-corrected chi connectivity index (χ0v) is 5.72. The van der Waals surface area contributed by atoms with Crippen molar-refractivity contribution >= 4 is 17.6 Å². The van der Waals surface area contributed by atoms with E-state index in [-0.39, 0.29) is 11.8 Å². The van der Waals surface area contributed by atoms with E-state index in [0.29, 0.717) is 0 Å². The number of ether oxygens (including phenoxy) is 2. The maximum atomic E-state index is 10.6. The van der Waals surface area contributed by atoms with Crippen LogP contribution in [0.25, 0.3) is 0 Å². The van der Waals surface area contributed by atoms with Crippen molar-refractivity contribution in [3.63, 3.8) is 0 Å². The first kappa shape index (κ1) is 6.83. The molecule has 0 aliphatic carbocycles. The van der Waals surface area contributed by atoms with Gasteiger partial charge in [0.15, 0.2) is 6.10 Å². The second-order valence-corrected chi connectivity index (χ2v) is 2.09. The van der Waals surface area contributed by atoms with Gasteiger partial charge < -0.3 is 9.47 Å². The molecule has 1 saturated heterocycles. The van der Waals surface area contributed by atoms with Crippen LogP contribution in [0.3, 0.4) is 0 Å². The third-order valence-corrected chi connectivity index (χ3v) is 1.32. The fourth-order valence-electron chi connectivity index (χ4n) is 0.653. The quantitative estimate of drug-likeness (QED) is 0.404. The lowest BCUT2D eigenvalue weighted by Crippen LogP contribution is -2.17. The number of alkyl halides is 1. The van der Waals surface area contributed by atoms with E-state index in [0.717, 1.165) is 0 Å². The van der Waals surface area contributed by atoms with Crippen LogP contribution in [-0.2, 0) is 14.3 Å². The van der Waals surface area contributed by atoms with Crippen molar-refractivity contribution in [3.05, 3.63) is 0 Å². The molecule has 1 rings (SSSR count). The Labute approximate surface area is 57.9 Å². The van der Waals surface area contributed by atoms with Crippen LogP contribution in [0.5, 0.6) is 0 Å². The molecule has 0 bridgehead atoms. The number of halogens is 1. The van der Waals surface area contributed by atoms with Crippen molar-refractivity contribution < 1.29 is 14.3 Å². The van der Waals surface area contributed by atoms with E-state index >= 15 is 0 Å². The van der Waals surface area contributed by atoms with E-state index in [1.807, 2.05) is 0 Å². The molecule has 0 saturated carbocycles. The molecular formula is C5H7ClO3. The number of hydrogen-bond donors (Lipinski definition) is 0. The van der Waals surface area contributed by atoms with Gasteiger partial charge in [-0.05, 0) is 6.92 Å². The molecule has 9 heavy (non-hydrogen) atoms. The molecule has 0 aromatic carbocycles. The van der Waals surface area contributed by atoms with E-state index in [1.54, 1.807) is 6.92 Å². The zero-order chi connectivity index (χ0) is 6.85. The average molecular weight is 151 g/mol. The maximum Gasteiger partial charge on any atom is 0.338 e. The van der Waals surface area contributed by atoms with Crippen LogP contribution in [0.4, 0.5) is 0 Å². The molecule has 0 unspecified atom stereocenters. The van der Waals surface area contributed by atoms with Crippen molar-refractivity contribution in [2.24, 2.45) is 0 Å². The summed E-state index contributed by atoms with van der Waals surface area (Å²) in [5, 5.41) is 0.